The van der Waals surface area contributed by atoms with Gasteiger partial charge in [0.25, 0.3) is 0 Å². The van der Waals surface area contributed by atoms with Gasteiger partial charge in [-0.15, -0.1) is 0 Å². The fraction of sp³-hybridized carbons (Fsp3) is 0.409. The minimum Gasteiger partial charge on any atom is -0.492 e. The molecule has 0 aromatic heterocycles. The molecule has 6 heteroatoms. The molecule has 0 radical (unpaired) electrons. The molecule has 5 nitrogen and oxygen atoms in total. The fourth-order valence-corrected chi connectivity index (χ4v) is 4.27. The summed E-state index contributed by atoms with van der Waals surface area (Å²) in [5, 5.41) is 9.60. The molecule has 148 valence electrons. The highest BCUT2D eigenvalue weighted by Gasteiger charge is 2.43. The van der Waals surface area contributed by atoms with E-state index >= 15 is 0 Å². The van der Waals surface area contributed by atoms with E-state index in [0.717, 1.165) is 43.0 Å². The zero-order valence-electron chi connectivity index (χ0n) is 15.7. The number of hydrogen-bond acceptors (Lipinski definition) is 4. The quantitative estimate of drug-likeness (QED) is 0.789. The predicted molar refractivity (Wildman–Crippen MR) is 107 cm³/mol. The van der Waals surface area contributed by atoms with Gasteiger partial charge in [-0.1, -0.05) is 29.8 Å². The van der Waals surface area contributed by atoms with Crippen LogP contribution in [-0.4, -0.2) is 42.2 Å². The van der Waals surface area contributed by atoms with Gasteiger partial charge in [-0.05, 0) is 50.2 Å². The first-order valence-electron chi connectivity index (χ1n) is 9.63. The molecule has 1 N–H and O–H groups in total. The van der Waals surface area contributed by atoms with Crippen LogP contribution in [0.1, 0.15) is 30.4 Å². The Morgan fingerprint density at radius 1 is 1.21 bits per heavy atom. The number of fused-ring (bicyclic) bond motifs is 2. The van der Waals surface area contributed by atoms with Crippen molar-refractivity contribution in [2.45, 2.75) is 31.3 Å². The smallest absolute Gasteiger partial charge is 0.304 e. The second-order valence-corrected chi connectivity index (χ2v) is 8.00. The molecule has 0 unspecified atom stereocenters. The number of benzene rings is 2. The Morgan fingerprint density at radius 3 is 2.75 bits per heavy atom. The van der Waals surface area contributed by atoms with Gasteiger partial charge in [0.05, 0.1) is 13.0 Å². The molecule has 0 aliphatic carbocycles. The number of piperidine rings is 1. The van der Waals surface area contributed by atoms with Crippen molar-refractivity contribution in [1.29, 1.82) is 0 Å². The molecule has 0 amide bonds. The highest BCUT2D eigenvalue weighted by Crippen LogP contribution is 2.46. The summed E-state index contributed by atoms with van der Waals surface area (Å²) in [6.45, 7) is 3.50. The molecule has 2 aromatic rings. The van der Waals surface area contributed by atoms with E-state index in [1.165, 1.54) is 5.56 Å². The summed E-state index contributed by atoms with van der Waals surface area (Å²) in [6, 6.07) is 13.7. The second-order valence-electron chi connectivity index (χ2n) is 7.59. The third-order valence-electron chi connectivity index (χ3n) is 5.83. The second kappa shape index (κ2) is 8.02. The van der Waals surface area contributed by atoms with E-state index in [1.54, 1.807) is 0 Å². The Hall–Kier alpha value is -2.24. The number of aliphatic carboxylic acids is 1. The van der Waals surface area contributed by atoms with Crippen LogP contribution in [0.15, 0.2) is 42.5 Å². The number of carbonyl (C=O) groups is 1. The SMILES string of the molecule is O=C(O)CCN1CCC2(CC1)COc1ccc(OCc3ccccc3Cl)cc12. The average molecular weight is 402 g/mol. The van der Waals surface area contributed by atoms with Gasteiger partial charge in [0.2, 0.25) is 0 Å². The largest absolute Gasteiger partial charge is 0.492 e. The van der Waals surface area contributed by atoms with E-state index in [2.05, 4.69) is 11.0 Å². The maximum Gasteiger partial charge on any atom is 0.304 e. The van der Waals surface area contributed by atoms with Crippen molar-refractivity contribution in [2.75, 3.05) is 26.2 Å². The van der Waals surface area contributed by atoms with Gasteiger partial charge in [0.1, 0.15) is 18.1 Å². The van der Waals surface area contributed by atoms with Crippen molar-refractivity contribution >= 4 is 17.6 Å². The Morgan fingerprint density at radius 2 is 2.00 bits per heavy atom. The van der Waals surface area contributed by atoms with Crippen molar-refractivity contribution in [3.8, 4) is 11.5 Å². The molecule has 4 rings (SSSR count). The number of rotatable bonds is 6. The van der Waals surface area contributed by atoms with E-state index in [-0.39, 0.29) is 11.8 Å². The molecular weight excluding hydrogens is 378 g/mol. The Bertz CT molecular complexity index is 861. The van der Waals surface area contributed by atoms with E-state index in [0.29, 0.717) is 24.8 Å². The maximum absolute atomic E-state index is 10.8. The average Bonchev–Trinajstić information content (AvgIpc) is 3.05. The first-order chi connectivity index (χ1) is 13.6. The molecule has 2 aromatic carbocycles. The van der Waals surface area contributed by atoms with E-state index in [1.807, 2.05) is 36.4 Å². The number of hydrogen-bond donors (Lipinski definition) is 1. The molecule has 1 spiro atoms. The van der Waals surface area contributed by atoms with Crippen LogP contribution >= 0.6 is 11.6 Å². The summed E-state index contributed by atoms with van der Waals surface area (Å²) in [5.74, 6) is 1.01. The molecule has 0 atom stereocenters. The number of carboxylic acid groups (broad SMARTS) is 1. The fourth-order valence-electron chi connectivity index (χ4n) is 4.08. The van der Waals surface area contributed by atoms with Crippen molar-refractivity contribution in [2.24, 2.45) is 0 Å². The van der Waals surface area contributed by atoms with Crippen LogP contribution < -0.4 is 9.47 Å². The zero-order valence-corrected chi connectivity index (χ0v) is 16.5. The zero-order chi connectivity index (χ0) is 19.6. The van der Waals surface area contributed by atoms with E-state index in [9.17, 15) is 4.79 Å². The molecular formula is C22H24ClNO4. The summed E-state index contributed by atoms with van der Waals surface area (Å²) in [5.41, 5.74) is 2.17. The van der Waals surface area contributed by atoms with Gasteiger partial charge in [-0.25, -0.2) is 0 Å². The van der Waals surface area contributed by atoms with Crippen LogP contribution in [0.4, 0.5) is 0 Å². The van der Waals surface area contributed by atoms with Crippen LogP contribution in [0.2, 0.25) is 5.02 Å². The van der Waals surface area contributed by atoms with Crippen LogP contribution in [-0.2, 0) is 16.8 Å². The highest BCUT2D eigenvalue weighted by molar-refractivity contribution is 6.31. The minimum atomic E-state index is -0.741. The number of halogens is 1. The van der Waals surface area contributed by atoms with Crippen molar-refractivity contribution in [3.05, 3.63) is 58.6 Å². The molecule has 1 fully saturated rings. The lowest BCUT2D eigenvalue weighted by Gasteiger charge is -2.38. The van der Waals surface area contributed by atoms with Gasteiger partial charge in [-0.3, -0.25) is 4.79 Å². The standard InChI is InChI=1S/C22H24ClNO4/c23-19-4-2-1-3-16(19)14-27-17-5-6-20-18(13-17)22(15-28-20)8-11-24(12-9-22)10-7-21(25)26/h1-6,13H,7-12,14-15H2,(H,25,26). The maximum atomic E-state index is 10.8. The van der Waals surface area contributed by atoms with Gasteiger partial charge >= 0.3 is 5.97 Å². The number of ether oxygens (including phenoxy) is 2. The molecule has 28 heavy (non-hydrogen) atoms. The monoisotopic (exact) mass is 401 g/mol. The first kappa shape index (κ1) is 19.1. The van der Waals surface area contributed by atoms with Crippen LogP contribution in [0.3, 0.4) is 0 Å². The lowest BCUT2D eigenvalue weighted by atomic mass is 9.74. The van der Waals surface area contributed by atoms with Gasteiger partial charge < -0.3 is 19.5 Å². The third-order valence-corrected chi connectivity index (χ3v) is 6.20. The van der Waals surface area contributed by atoms with Crippen LogP contribution in [0.25, 0.3) is 0 Å². The highest BCUT2D eigenvalue weighted by atomic mass is 35.5. The number of carboxylic acids is 1. The Labute approximate surface area is 169 Å². The summed E-state index contributed by atoms with van der Waals surface area (Å²) >= 11 is 6.22. The van der Waals surface area contributed by atoms with Crippen molar-refractivity contribution in [1.82, 2.24) is 4.90 Å². The molecule has 1 saturated heterocycles. The molecule has 2 heterocycles. The van der Waals surface area contributed by atoms with Crippen LogP contribution in [0.5, 0.6) is 11.5 Å². The molecule has 0 bridgehead atoms. The predicted octanol–water partition coefficient (Wildman–Crippen LogP) is 4.12. The van der Waals surface area contributed by atoms with Crippen LogP contribution in [0, 0.1) is 0 Å². The lowest BCUT2D eigenvalue weighted by Crippen LogP contribution is -2.44. The Balaban J connectivity index is 1.44. The molecule has 2 aliphatic heterocycles. The topological polar surface area (TPSA) is 59.0 Å². The van der Waals surface area contributed by atoms with Crippen molar-refractivity contribution < 1.29 is 19.4 Å². The van der Waals surface area contributed by atoms with Crippen molar-refractivity contribution in [3.63, 3.8) is 0 Å². The molecule has 2 aliphatic rings. The summed E-state index contributed by atoms with van der Waals surface area (Å²) < 4.78 is 12.0. The molecule has 0 saturated carbocycles. The summed E-state index contributed by atoms with van der Waals surface area (Å²) in [7, 11) is 0. The normalized spacial score (nSPS) is 17.9. The van der Waals surface area contributed by atoms with E-state index in [4.69, 9.17) is 26.2 Å². The van der Waals surface area contributed by atoms with Gasteiger partial charge in [0, 0.05) is 28.1 Å². The number of nitrogens with zero attached hydrogens (tertiary/aromatic N) is 1. The van der Waals surface area contributed by atoms with E-state index < -0.39 is 5.97 Å². The summed E-state index contributed by atoms with van der Waals surface area (Å²) in [6.07, 6.45) is 2.13. The third kappa shape index (κ3) is 3.96. The minimum absolute atomic E-state index is 0.00117. The first-order valence-corrected chi connectivity index (χ1v) is 10.0. The Kier molecular flexibility index (Phi) is 5.47. The number of likely N-dealkylation sites (tertiary alicyclic amines) is 1. The van der Waals surface area contributed by atoms with Gasteiger partial charge in [0.15, 0.2) is 0 Å². The van der Waals surface area contributed by atoms with Gasteiger partial charge in [-0.2, -0.15) is 0 Å². The summed E-state index contributed by atoms with van der Waals surface area (Å²) in [4.78, 5) is 13.0. The lowest BCUT2D eigenvalue weighted by molar-refractivity contribution is -0.137.